The molecule has 4 unspecified atom stereocenters. The molecule has 1 heterocycles. The largest absolute Gasteiger partial charge is 0.389 e. The van der Waals surface area contributed by atoms with Crippen molar-refractivity contribution in [3.8, 4) is 0 Å². The predicted molar refractivity (Wildman–Crippen MR) is 68.1 cm³/mol. The fraction of sp³-hybridized carbons (Fsp3) is 0.846. The van der Waals surface area contributed by atoms with E-state index in [9.17, 15) is 5.11 Å². The van der Waals surface area contributed by atoms with Gasteiger partial charge in [-0.3, -0.25) is 4.90 Å². The van der Waals surface area contributed by atoms with Crippen molar-refractivity contribution < 1.29 is 14.6 Å². The van der Waals surface area contributed by atoms with Crippen LogP contribution in [-0.2, 0) is 9.47 Å². The minimum absolute atomic E-state index is 0.00723. The molecular formula is C13H25NO3. The molecule has 0 bridgehead atoms. The molecule has 0 amide bonds. The van der Waals surface area contributed by atoms with Crippen LogP contribution in [0.25, 0.3) is 0 Å². The predicted octanol–water partition coefficient (Wildman–Crippen LogP) is 1.05. The molecule has 1 rings (SSSR count). The summed E-state index contributed by atoms with van der Waals surface area (Å²) in [5, 5.41) is 9.88. The van der Waals surface area contributed by atoms with Gasteiger partial charge in [-0.05, 0) is 20.8 Å². The van der Waals surface area contributed by atoms with Crippen LogP contribution < -0.4 is 0 Å². The van der Waals surface area contributed by atoms with Gasteiger partial charge < -0.3 is 14.6 Å². The highest BCUT2D eigenvalue weighted by Gasteiger charge is 2.23. The lowest BCUT2D eigenvalue weighted by molar-refractivity contribution is -0.0834. The Kier molecular flexibility index (Phi) is 6.12. The molecule has 0 saturated carbocycles. The van der Waals surface area contributed by atoms with E-state index in [1.165, 1.54) is 0 Å². The molecule has 4 atom stereocenters. The first-order valence-corrected chi connectivity index (χ1v) is 6.31. The molecule has 17 heavy (non-hydrogen) atoms. The lowest BCUT2D eigenvalue weighted by atomic mass is 10.2. The van der Waals surface area contributed by atoms with Crippen molar-refractivity contribution in [2.24, 2.45) is 0 Å². The van der Waals surface area contributed by atoms with Gasteiger partial charge in [0, 0.05) is 19.6 Å². The molecule has 1 aliphatic heterocycles. The average Bonchev–Trinajstić information content (AvgIpc) is 2.24. The van der Waals surface area contributed by atoms with E-state index in [0.717, 1.165) is 13.1 Å². The van der Waals surface area contributed by atoms with E-state index in [1.807, 2.05) is 6.92 Å². The van der Waals surface area contributed by atoms with Gasteiger partial charge in [-0.25, -0.2) is 0 Å². The molecule has 1 fully saturated rings. The van der Waals surface area contributed by atoms with Gasteiger partial charge >= 0.3 is 0 Å². The summed E-state index contributed by atoms with van der Waals surface area (Å²) >= 11 is 0. The van der Waals surface area contributed by atoms with Crippen molar-refractivity contribution in [1.29, 1.82) is 0 Å². The van der Waals surface area contributed by atoms with Crippen molar-refractivity contribution in [3.63, 3.8) is 0 Å². The molecule has 0 aromatic heterocycles. The van der Waals surface area contributed by atoms with Crippen LogP contribution >= 0.6 is 0 Å². The number of hydrogen-bond donors (Lipinski definition) is 1. The number of rotatable bonds is 6. The van der Waals surface area contributed by atoms with Gasteiger partial charge in [0.25, 0.3) is 0 Å². The maximum absolute atomic E-state index is 9.88. The highest BCUT2D eigenvalue weighted by atomic mass is 16.5. The normalized spacial score (nSPS) is 29.9. The number of aliphatic hydroxyl groups is 1. The Morgan fingerprint density at radius 2 is 2.06 bits per heavy atom. The highest BCUT2D eigenvalue weighted by molar-refractivity contribution is 4.77. The third-order valence-electron chi connectivity index (χ3n) is 2.85. The molecule has 0 aromatic carbocycles. The van der Waals surface area contributed by atoms with Crippen LogP contribution in [0.5, 0.6) is 0 Å². The summed E-state index contributed by atoms with van der Waals surface area (Å²) < 4.78 is 11.1. The Hall–Kier alpha value is -0.420. The zero-order valence-electron chi connectivity index (χ0n) is 11.1. The molecule has 1 N–H and O–H groups in total. The Labute approximate surface area is 104 Å². The molecular weight excluding hydrogens is 218 g/mol. The first-order chi connectivity index (χ1) is 8.01. The molecule has 0 spiro atoms. The van der Waals surface area contributed by atoms with Gasteiger partial charge in [0.15, 0.2) is 0 Å². The summed E-state index contributed by atoms with van der Waals surface area (Å²) in [5.74, 6) is 0. The van der Waals surface area contributed by atoms with Gasteiger partial charge in [-0.1, -0.05) is 6.08 Å². The number of nitrogens with zero attached hydrogens (tertiary/aromatic N) is 1. The van der Waals surface area contributed by atoms with E-state index >= 15 is 0 Å². The number of ether oxygens (including phenoxy) is 2. The van der Waals surface area contributed by atoms with Gasteiger partial charge in [-0.15, -0.1) is 6.58 Å². The quantitative estimate of drug-likeness (QED) is 0.708. The van der Waals surface area contributed by atoms with E-state index in [0.29, 0.717) is 13.2 Å². The standard InChI is InChI=1S/C13H25NO3/c1-5-10(2)16-9-13(15)8-14-6-11(3)17-12(4)7-14/h5,10-13,15H,1,6-9H2,2-4H3. The zero-order valence-corrected chi connectivity index (χ0v) is 11.1. The maximum atomic E-state index is 9.88. The second kappa shape index (κ2) is 7.11. The van der Waals surface area contributed by atoms with Crippen molar-refractivity contribution in [3.05, 3.63) is 12.7 Å². The SMILES string of the molecule is C=CC(C)OCC(O)CN1CC(C)OC(C)C1. The first-order valence-electron chi connectivity index (χ1n) is 6.31. The van der Waals surface area contributed by atoms with Gasteiger partial charge in [0.1, 0.15) is 0 Å². The fourth-order valence-electron chi connectivity index (χ4n) is 2.12. The van der Waals surface area contributed by atoms with Crippen molar-refractivity contribution >= 4 is 0 Å². The average molecular weight is 243 g/mol. The van der Waals surface area contributed by atoms with E-state index in [4.69, 9.17) is 9.47 Å². The van der Waals surface area contributed by atoms with Gasteiger partial charge in [0.05, 0.1) is 31.0 Å². The van der Waals surface area contributed by atoms with E-state index in [1.54, 1.807) is 6.08 Å². The molecule has 1 aliphatic rings. The Balaban J connectivity index is 2.25. The summed E-state index contributed by atoms with van der Waals surface area (Å²) in [6, 6.07) is 0. The van der Waals surface area contributed by atoms with Crippen molar-refractivity contribution in [2.75, 3.05) is 26.2 Å². The molecule has 100 valence electrons. The summed E-state index contributed by atoms with van der Waals surface area (Å²) in [7, 11) is 0. The number of morpholine rings is 1. The van der Waals surface area contributed by atoms with E-state index < -0.39 is 6.10 Å². The minimum Gasteiger partial charge on any atom is -0.389 e. The summed E-state index contributed by atoms with van der Waals surface area (Å²) in [4.78, 5) is 2.23. The first kappa shape index (κ1) is 14.6. The number of aliphatic hydroxyl groups excluding tert-OH is 1. The topological polar surface area (TPSA) is 41.9 Å². The summed E-state index contributed by atoms with van der Waals surface area (Å²) in [5.41, 5.74) is 0. The smallest absolute Gasteiger partial charge is 0.0900 e. The molecule has 0 radical (unpaired) electrons. The highest BCUT2D eigenvalue weighted by Crippen LogP contribution is 2.11. The van der Waals surface area contributed by atoms with Gasteiger partial charge in [-0.2, -0.15) is 0 Å². The van der Waals surface area contributed by atoms with Crippen molar-refractivity contribution in [2.45, 2.75) is 45.2 Å². The van der Waals surface area contributed by atoms with Crippen LogP contribution in [0.2, 0.25) is 0 Å². The monoisotopic (exact) mass is 243 g/mol. The van der Waals surface area contributed by atoms with E-state index in [-0.39, 0.29) is 18.3 Å². The second-order valence-electron chi connectivity index (χ2n) is 4.90. The molecule has 0 aliphatic carbocycles. The van der Waals surface area contributed by atoms with E-state index in [2.05, 4.69) is 25.3 Å². The third-order valence-corrected chi connectivity index (χ3v) is 2.85. The van der Waals surface area contributed by atoms with Crippen LogP contribution in [0.3, 0.4) is 0 Å². The van der Waals surface area contributed by atoms with Crippen LogP contribution in [0.15, 0.2) is 12.7 Å². The fourth-order valence-corrected chi connectivity index (χ4v) is 2.12. The number of hydrogen-bond acceptors (Lipinski definition) is 4. The van der Waals surface area contributed by atoms with Crippen LogP contribution in [0.1, 0.15) is 20.8 Å². The van der Waals surface area contributed by atoms with Gasteiger partial charge in [0.2, 0.25) is 0 Å². The molecule has 4 heteroatoms. The second-order valence-corrected chi connectivity index (χ2v) is 4.90. The lowest BCUT2D eigenvalue weighted by Crippen LogP contribution is -2.48. The molecule has 4 nitrogen and oxygen atoms in total. The Morgan fingerprint density at radius 1 is 1.47 bits per heavy atom. The zero-order chi connectivity index (χ0) is 12.8. The molecule has 1 saturated heterocycles. The van der Waals surface area contributed by atoms with Crippen LogP contribution in [0.4, 0.5) is 0 Å². The Morgan fingerprint density at radius 3 is 2.59 bits per heavy atom. The minimum atomic E-state index is -0.449. The lowest BCUT2D eigenvalue weighted by Gasteiger charge is -2.36. The summed E-state index contributed by atoms with van der Waals surface area (Å²) in [6.45, 7) is 12.4. The summed E-state index contributed by atoms with van der Waals surface area (Å²) in [6.07, 6.45) is 1.74. The maximum Gasteiger partial charge on any atom is 0.0900 e. The van der Waals surface area contributed by atoms with Crippen LogP contribution in [0, 0.1) is 0 Å². The van der Waals surface area contributed by atoms with Crippen LogP contribution in [-0.4, -0.2) is 60.7 Å². The number of β-amino-alcohol motifs (C(OH)–C–C–N with tert-alkyl or cyclic N) is 1. The molecule has 0 aromatic rings. The third kappa shape index (κ3) is 5.64. The Bertz CT molecular complexity index is 225. The van der Waals surface area contributed by atoms with Crippen molar-refractivity contribution in [1.82, 2.24) is 4.90 Å².